The maximum atomic E-state index is 12.5. The summed E-state index contributed by atoms with van der Waals surface area (Å²) in [6.07, 6.45) is -0.680. The van der Waals surface area contributed by atoms with E-state index in [0.717, 1.165) is 6.42 Å². The van der Waals surface area contributed by atoms with Crippen molar-refractivity contribution in [1.82, 2.24) is 0 Å². The first-order valence-electron chi connectivity index (χ1n) is 4.48. The lowest BCUT2D eigenvalue weighted by atomic mass is 9.88. The molecule has 0 nitrogen and oxygen atoms in total. The van der Waals surface area contributed by atoms with Gasteiger partial charge in [-0.05, 0) is 25.2 Å². The second-order valence-corrected chi connectivity index (χ2v) is 2.95. The first kappa shape index (κ1) is 10.9. The van der Waals surface area contributed by atoms with Gasteiger partial charge >= 0.3 is 0 Å². The molecular formula is C9H18F2. The minimum absolute atomic E-state index is 0.381. The first-order valence-corrected chi connectivity index (χ1v) is 4.48. The fraction of sp³-hybridized carbons (Fsp3) is 1.00. The molecule has 1 saturated carbocycles. The van der Waals surface area contributed by atoms with Crippen molar-refractivity contribution in [2.45, 2.75) is 52.4 Å². The Bertz CT molecular complexity index is 93.6. The van der Waals surface area contributed by atoms with E-state index in [4.69, 9.17) is 0 Å². The Kier molecular flexibility index (Phi) is 5.43. The molecular weight excluding hydrogens is 146 g/mol. The molecule has 0 aliphatic heterocycles. The Morgan fingerprint density at radius 1 is 1.00 bits per heavy atom. The monoisotopic (exact) mass is 164 g/mol. The van der Waals surface area contributed by atoms with Crippen LogP contribution in [0.5, 0.6) is 0 Å². The van der Waals surface area contributed by atoms with Gasteiger partial charge in [-0.3, -0.25) is 0 Å². The minimum Gasteiger partial charge on any atom is -0.244 e. The molecule has 2 heteroatoms. The van der Waals surface area contributed by atoms with Gasteiger partial charge in [0.25, 0.3) is 0 Å². The van der Waals surface area contributed by atoms with Crippen LogP contribution in [0.1, 0.15) is 40.0 Å². The molecule has 68 valence electrons. The second-order valence-electron chi connectivity index (χ2n) is 2.95. The van der Waals surface area contributed by atoms with Crippen molar-refractivity contribution in [3.63, 3.8) is 0 Å². The van der Waals surface area contributed by atoms with Gasteiger partial charge in [-0.2, -0.15) is 0 Å². The molecule has 0 aromatic carbocycles. The van der Waals surface area contributed by atoms with Crippen molar-refractivity contribution in [3.05, 3.63) is 0 Å². The topological polar surface area (TPSA) is 0 Å². The third kappa shape index (κ3) is 3.68. The number of hydrogen-bond donors (Lipinski definition) is 0. The predicted molar refractivity (Wildman–Crippen MR) is 44.2 cm³/mol. The van der Waals surface area contributed by atoms with Crippen molar-refractivity contribution in [1.29, 1.82) is 0 Å². The summed E-state index contributed by atoms with van der Waals surface area (Å²) in [5.74, 6) is 0.381. The van der Waals surface area contributed by atoms with E-state index >= 15 is 0 Å². The molecule has 0 saturated heterocycles. The van der Waals surface area contributed by atoms with E-state index in [9.17, 15) is 8.78 Å². The summed E-state index contributed by atoms with van der Waals surface area (Å²) in [4.78, 5) is 0. The molecule has 1 fully saturated rings. The number of halogens is 2. The van der Waals surface area contributed by atoms with Crippen LogP contribution in [0.2, 0.25) is 0 Å². The Labute approximate surface area is 68.0 Å². The van der Waals surface area contributed by atoms with E-state index in [1.807, 2.05) is 20.8 Å². The van der Waals surface area contributed by atoms with Crippen LogP contribution < -0.4 is 0 Å². The molecule has 0 heterocycles. The van der Waals surface area contributed by atoms with Crippen LogP contribution in [-0.4, -0.2) is 12.3 Å². The molecule has 0 aromatic rings. The van der Waals surface area contributed by atoms with E-state index in [1.165, 1.54) is 0 Å². The Morgan fingerprint density at radius 2 is 1.55 bits per heavy atom. The fourth-order valence-corrected chi connectivity index (χ4v) is 1.27. The Balaban J connectivity index is 0.000000461. The van der Waals surface area contributed by atoms with Gasteiger partial charge in [-0.15, -0.1) is 0 Å². The van der Waals surface area contributed by atoms with E-state index in [2.05, 4.69) is 0 Å². The smallest absolute Gasteiger partial charge is 0.131 e. The highest BCUT2D eigenvalue weighted by molar-refractivity contribution is 4.77. The molecule has 1 aliphatic rings. The first-order chi connectivity index (χ1) is 5.20. The van der Waals surface area contributed by atoms with Gasteiger partial charge in [-0.25, -0.2) is 8.78 Å². The number of rotatable bonds is 0. The fourth-order valence-electron chi connectivity index (χ4n) is 1.27. The lowest BCUT2D eigenvalue weighted by Crippen LogP contribution is -2.25. The maximum absolute atomic E-state index is 12.5. The average Bonchev–Trinajstić information content (AvgIpc) is 2.02. The molecule has 0 radical (unpaired) electrons. The predicted octanol–water partition coefficient (Wildman–Crippen LogP) is 3.51. The standard InChI is InChI=1S/C7H12F2.C2H6/c1-5-2-3-6(8)7(9)4-5;1-2/h5-7H,2-4H2,1H3;1-2H3. The number of alkyl halides is 2. The number of hydrogen-bond acceptors (Lipinski definition) is 0. The van der Waals surface area contributed by atoms with E-state index in [0.29, 0.717) is 18.8 Å². The van der Waals surface area contributed by atoms with E-state index in [1.54, 1.807) is 0 Å². The summed E-state index contributed by atoms with van der Waals surface area (Å²) in [6, 6.07) is 0. The molecule has 3 atom stereocenters. The average molecular weight is 164 g/mol. The van der Waals surface area contributed by atoms with Gasteiger partial charge in [0.1, 0.15) is 12.3 Å². The highest BCUT2D eigenvalue weighted by atomic mass is 19.2. The molecule has 0 aromatic heterocycles. The van der Waals surface area contributed by atoms with Crippen LogP contribution in [-0.2, 0) is 0 Å². The summed E-state index contributed by atoms with van der Waals surface area (Å²) < 4.78 is 24.8. The van der Waals surface area contributed by atoms with Gasteiger partial charge < -0.3 is 0 Å². The summed E-state index contributed by atoms with van der Waals surface area (Å²) in [7, 11) is 0. The zero-order valence-corrected chi connectivity index (χ0v) is 7.61. The Hall–Kier alpha value is -0.140. The molecule has 0 N–H and O–H groups in total. The van der Waals surface area contributed by atoms with Crippen molar-refractivity contribution < 1.29 is 8.78 Å². The normalized spacial score (nSPS) is 37.4. The minimum atomic E-state index is -1.19. The van der Waals surface area contributed by atoms with Crippen LogP contribution >= 0.6 is 0 Å². The molecule has 3 unspecified atom stereocenters. The molecule has 1 aliphatic carbocycles. The molecule has 0 bridgehead atoms. The van der Waals surface area contributed by atoms with Crippen LogP contribution in [0.15, 0.2) is 0 Å². The van der Waals surface area contributed by atoms with Crippen molar-refractivity contribution in [2.75, 3.05) is 0 Å². The van der Waals surface area contributed by atoms with Gasteiger partial charge in [0, 0.05) is 0 Å². The third-order valence-electron chi connectivity index (χ3n) is 1.96. The van der Waals surface area contributed by atoms with Crippen molar-refractivity contribution in [2.24, 2.45) is 5.92 Å². The molecule has 1 rings (SSSR count). The quantitative estimate of drug-likeness (QED) is 0.514. The van der Waals surface area contributed by atoms with Crippen LogP contribution in [0, 0.1) is 5.92 Å². The molecule has 11 heavy (non-hydrogen) atoms. The van der Waals surface area contributed by atoms with Gasteiger partial charge in [0.15, 0.2) is 0 Å². The largest absolute Gasteiger partial charge is 0.244 e. The third-order valence-corrected chi connectivity index (χ3v) is 1.96. The van der Waals surface area contributed by atoms with Gasteiger partial charge in [-0.1, -0.05) is 20.8 Å². The second kappa shape index (κ2) is 5.50. The van der Waals surface area contributed by atoms with Crippen LogP contribution in [0.4, 0.5) is 8.78 Å². The van der Waals surface area contributed by atoms with E-state index < -0.39 is 12.3 Å². The highest BCUT2D eigenvalue weighted by Crippen LogP contribution is 2.27. The zero-order chi connectivity index (χ0) is 8.85. The SMILES string of the molecule is CC.CC1CCC(F)C(F)C1. The molecule has 0 spiro atoms. The van der Waals surface area contributed by atoms with Gasteiger partial charge in [0.2, 0.25) is 0 Å². The summed E-state index contributed by atoms with van der Waals surface area (Å²) >= 11 is 0. The van der Waals surface area contributed by atoms with Crippen LogP contribution in [0.25, 0.3) is 0 Å². The molecule has 0 amide bonds. The van der Waals surface area contributed by atoms with Crippen molar-refractivity contribution in [3.8, 4) is 0 Å². The lowest BCUT2D eigenvalue weighted by molar-refractivity contribution is 0.0948. The van der Waals surface area contributed by atoms with Crippen molar-refractivity contribution >= 4 is 0 Å². The summed E-state index contributed by atoms with van der Waals surface area (Å²) in [6.45, 7) is 5.97. The summed E-state index contributed by atoms with van der Waals surface area (Å²) in [5.41, 5.74) is 0. The van der Waals surface area contributed by atoms with Gasteiger partial charge in [0.05, 0.1) is 0 Å². The van der Waals surface area contributed by atoms with E-state index in [-0.39, 0.29) is 0 Å². The summed E-state index contributed by atoms with van der Waals surface area (Å²) in [5, 5.41) is 0. The Morgan fingerprint density at radius 3 is 1.91 bits per heavy atom. The zero-order valence-electron chi connectivity index (χ0n) is 7.61. The van der Waals surface area contributed by atoms with Crippen LogP contribution in [0.3, 0.4) is 0 Å². The highest BCUT2D eigenvalue weighted by Gasteiger charge is 2.27. The maximum Gasteiger partial charge on any atom is 0.131 e. The lowest BCUT2D eigenvalue weighted by Gasteiger charge is -2.23.